The van der Waals surface area contributed by atoms with Crippen LogP contribution in [0, 0.1) is 0 Å². The molecule has 98 valence electrons. The van der Waals surface area contributed by atoms with E-state index in [9.17, 15) is 8.42 Å². The van der Waals surface area contributed by atoms with Crippen molar-refractivity contribution >= 4 is 20.7 Å². The highest BCUT2D eigenvalue weighted by Crippen LogP contribution is 2.20. The number of fused-ring (bicyclic) bond motifs is 1. The maximum Gasteiger partial charge on any atom is 0.159 e. The van der Waals surface area contributed by atoms with Crippen molar-refractivity contribution in [3.63, 3.8) is 0 Å². The monoisotopic (exact) mass is 267 g/mol. The van der Waals surface area contributed by atoms with Crippen molar-refractivity contribution in [3.8, 4) is 0 Å². The van der Waals surface area contributed by atoms with E-state index in [1.54, 1.807) is 11.6 Å². The van der Waals surface area contributed by atoms with Gasteiger partial charge in [0.1, 0.15) is 0 Å². The Morgan fingerprint density at radius 1 is 1.39 bits per heavy atom. The molecule has 18 heavy (non-hydrogen) atoms. The maximum absolute atomic E-state index is 12.1. The number of sulfone groups is 1. The zero-order valence-corrected chi connectivity index (χ0v) is 11.3. The van der Waals surface area contributed by atoms with Crippen LogP contribution in [-0.2, 0) is 22.6 Å². The molecule has 0 bridgehead atoms. The van der Waals surface area contributed by atoms with Crippen molar-refractivity contribution in [2.24, 2.45) is 12.8 Å². The highest BCUT2D eigenvalue weighted by Gasteiger charge is 2.22. The first-order valence-corrected chi connectivity index (χ1v) is 7.49. The van der Waals surface area contributed by atoms with Crippen LogP contribution in [0.1, 0.15) is 12.6 Å². The lowest BCUT2D eigenvalue weighted by Gasteiger charge is -2.08. The second-order valence-corrected chi connectivity index (χ2v) is 6.86. The van der Waals surface area contributed by atoms with E-state index in [4.69, 9.17) is 5.73 Å². The molecule has 1 heterocycles. The van der Waals surface area contributed by atoms with Gasteiger partial charge in [0.15, 0.2) is 9.84 Å². The average molecular weight is 267 g/mol. The van der Waals surface area contributed by atoms with Gasteiger partial charge in [0, 0.05) is 19.0 Å². The molecule has 2 rings (SSSR count). The first kappa shape index (κ1) is 13.0. The Labute approximate surface area is 107 Å². The van der Waals surface area contributed by atoms with Crippen LogP contribution >= 0.6 is 0 Å². The van der Waals surface area contributed by atoms with Crippen LogP contribution in [0.25, 0.3) is 10.9 Å². The Kier molecular flexibility index (Phi) is 3.41. The van der Waals surface area contributed by atoms with E-state index in [0.29, 0.717) is 5.69 Å². The van der Waals surface area contributed by atoms with Crippen molar-refractivity contribution in [1.82, 2.24) is 9.78 Å². The number of nitrogens with zero attached hydrogens (tertiary/aromatic N) is 2. The van der Waals surface area contributed by atoms with Gasteiger partial charge in [-0.15, -0.1) is 0 Å². The summed E-state index contributed by atoms with van der Waals surface area (Å²) in [6, 6.07) is 7.60. The summed E-state index contributed by atoms with van der Waals surface area (Å²) in [6.45, 7) is 1.76. The first-order valence-electron chi connectivity index (χ1n) is 5.78. The summed E-state index contributed by atoms with van der Waals surface area (Å²) in [6.07, 6.45) is 0. The lowest BCUT2D eigenvalue weighted by atomic mass is 10.2. The van der Waals surface area contributed by atoms with Crippen molar-refractivity contribution < 1.29 is 8.42 Å². The molecular weight excluding hydrogens is 250 g/mol. The van der Waals surface area contributed by atoms with Gasteiger partial charge in [-0.1, -0.05) is 18.2 Å². The van der Waals surface area contributed by atoms with E-state index >= 15 is 0 Å². The smallest absolute Gasteiger partial charge is 0.159 e. The van der Waals surface area contributed by atoms with Crippen LogP contribution in [0.3, 0.4) is 0 Å². The number of hydrogen-bond acceptors (Lipinski definition) is 4. The van der Waals surface area contributed by atoms with E-state index in [0.717, 1.165) is 10.9 Å². The Balaban J connectivity index is 2.45. The fourth-order valence-electron chi connectivity index (χ4n) is 1.87. The molecule has 0 radical (unpaired) electrons. The number of hydrogen-bond donors (Lipinski definition) is 1. The molecule has 0 aliphatic rings. The molecule has 1 atom stereocenters. The van der Waals surface area contributed by atoms with Gasteiger partial charge in [-0.05, 0) is 13.0 Å². The molecular formula is C12H17N3O2S. The van der Waals surface area contributed by atoms with Crippen LogP contribution in [-0.4, -0.2) is 30.0 Å². The molecule has 0 aliphatic heterocycles. The lowest BCUT2D eigenvalue weighted by molar-refractivity contribution is 0.582. The Bertz CT molecular complexity index is 661. The highest BCUT2D eigenvalue weighted by molar-refractivity contribution is 7.91. The summed E-state index contributed by atoms with van der Waals surface area (Å²) in [5.74, 6) is -0.0628. The van der Waals surface area contributed by atoms with Gasteiger partial charge in [0.2, 0.25) is 0 Å². The average Bonchev–Trinajstić information content (AvgIpc) is 2.65. The third-order valence-electron chi connectivity index (χ3n) is 3.12. The van der Waals surface area contributed by atoms with E-state index < -0.39 is 15.1 Å². The predicted octanol–water partition coefficient (Wildman–Crippen LogP) is 0.835. The summed E-state index contributed by atoms with van der Waals surface area (Å²) in [4.78, 5) is 0. The van der Waals surface area contributed by atoms with Crippen LogP contribution < -0.4 is 5.73 Å². The van der Waals surface area contributed by atoms with E-state index in [1.165, 1.54) is 0 Å². The Morgan fingerprint density at radius 2 is 2.06 bits per heavy atom. The number of aryl methyl sites for hydroxylation is 1. The molecule has 5 nitrogen and oxygen atoms in total. The number of nitrogens with two attached hydrogens (primary N) is 1. The normalized spacial score (nSPS) is 13.9. The topological polar surface area (TPSA) is 78.0 Å². The molecule has 1 unspecified atom stereocenters. The third kappa shape index (κ3) is 2.26. The SMILES string of the molecule is CC(CN)S(=O)(=O)Cc1nn(C)c2ccccc12. The summed E-state index contributed by atoms with van der Waals surface area (Å²) < 4.78 is 25.8. The molecule has 1 aromatic carbocycles. The summed E-state index contributed by atoms with van der Waals surface area (Å²) in [5, 5.41) is 4.63. The van der Waals surface area contributed by atoms with E-state index in [1.807, 2.05) is 31.3 Å². The van der Waals surface area contributed by atoms with Gasteiger partial charge in [-0.2, -0.15) is 5.10 Å². The van der Waals surface area contributed by atoms with Crippen LogP contribution in [0.15, 0.2) is 24.3 Å². The van der Waals surface area contributed by atoms with Crippen LogP contribution in [0.4, 0.5) is 0 Å². The number of rotatable bonds is 4. The predicted molar refractivity (Wildman–Crippen MR) is 71.9 cm³/mol. The van der Waals surface area contributed by atoms with Crippen molar-refractivity contribution in [2.75, 3.05) is 6.54 Å². The molecule has 0 spiro atoms. The summed E-state index contributed by atoms with van der Waals surface area (Å²) >= 11 is 0. The first-order chi connectivity index (χ1) is 8.45. The second-order valence-electron chi connectivity index (χ2n) is 4.44. The molecule has 0 saturated carbocycles. The maximum atomic E-state index is 12.1. The lowest BCUT2D eigenvalue weighted by Crippen LogP contribution is -2.27. The van der Waals surface area contributed by atoms with Crippen LogP contribution in [0.2, 0.25) is 0 Å². The third-order valence-corrected chi connectivity index (χ3v) is 5.21. The van der Waals surface area contributed by atoms with Gasteiger partial charge in [-0.3, -0.25) is 4.68 Å². The zero-order chi connectivity index (χ0) is 13.3. The minimum Gasteiger partial charge on any atom is -0.329 e. The van der Waals surface area contributed by atoms with Crippen molar-refractivity contribution in [2.45, 2.75) is 17.9 Å². The zero-order valence-electron chi connectivity index (χ0n) is 10.5. The van der Waals surface area contributed by atoms with Crippen molar-refractivity contribution in [1.29, 1.82) is 0 Å². The van der Waals surface area contributed by atoms with Crippen molar-refractivity contribution in [3.05, 3.63) is 30.0 Å². The summed E-state index contributed by atoms with van der Waals surface area (Å²) in [5.41, 5.74) is 6.95. The second kappa shape index (κ2) is 4.70. The number of para-hydroxylation sites is 1. The largest absolute Gasteiger partial charge is 0.329 e. The van der Waals surface area contributed by atoms with Gasteiger partial charge >= 0.3 is 0 Å². The molecule has 1 aromatic heterocycles. The fraction of sp³-hybridized carbons (Fsp3) is 0.417. The quantitative estimate of drug-likeness (QED) is 0.890. The molecule has 0 saturated heterocycles. The molecule has 2 N–H and O–H groups in total. The fourth-order valence-corrected chi connectivity index (χ4v) is 3.05. The summed E-state index contributed by atoms with van der Waals surface area (Å²) in [7, 11) is -1.43. The van der Waals surface area contributed by atoms with Crippen LogP contribution in [0.5, 0.6) is 0 Å². The number of aromatic nitrogens is 2. The Hall–Kier alpha value is -1.40. The van der Waals surface area contributed by atoms with E-state index in [2.05, 4.69) is 5.10 Å². The van der Waals surface area contributed by atoms with Gasteiger partial charge in [0.25, 0.3) is 0 Å². The van der Waals surface area contributed by atoms with E-state index in [-0.39, 0.29) is 12.3 Å². The molecule has 0 fully saturated rings. The van der Waals surface area contributed by atoms with Gasteiger partial charge in [0.05, 0.1) is 22.2 Å². The molecule has 6 heteroatoms. The van der Waals surface area contributed by atoms with Gasteiger partial charge < -0.3 is 5.73 Å². The van der Waals surface area contributed by atoms with Gasteiger partial charge in [-0.25, -0.2) is 8.42 Å². The highest BCUT2D eigenvalue weighted by atomic mass is 32.2. The molecule has 2 aromatic rings. The minimum absolute atomic E-state index is 0.0628. The standard InChI is InChI=1S/C12H17N3O2S/c1-9(7-13)18(16,17)8-11-10-5-3-4-6-12(10)15(2)14-11/h3-6,9H,7-8,13H2,1-2H3. The Morgan fingerprint density at radius 3 is 2.72 bits per heavy atom. The number of benzene rings is 1. The minimum atomic E-state index is -3.24. The molecule has 0 amide bonds. The molecule has 0 aliphatic carbocycles.